The smallest absolute Gasteiger partial charge is 0.290 e. The first-order valence-electron chi connectivity index (χ1n) is 28.3. The number of ether oxygens (including phenoxy) is 1. The van der Waals surface area contributed by atoms with Crippen molar-refractivity contribution < 1.29 is 43.4 Å². The molecule has 0 saturated carbocycles. The predicted molar refractivity (Wildman–Crippen MR) is 320 cm³/mol. The summed E-state index contributed by atoms with van der Waals surface area (Å²) in [6, 6.07) is 35.4. The third-order valence-electron chi connectivity index (χ3n) is 13.4. The minimum atomic E-state index is -1.27. The number of benzene rings is 5. The lowest BCUT2D eigenvalue weighted by Crippen LogP contribution is -2.61. The van der Waals surface area contributed by atoms with Gasteiger partial charge in [-0.3, -0.25) is 33.6 Å². The maximum absolute atomic E-state index is 14.9. The minimum absolute atomic E-state index is 0.0150. The number of carboxylic acid groups (broad SMARTS) is 1. The molecular weight excluding hydrogens is 1040 g/mol. The molecule has 2 saturated heterocycles. The monoisotopic (exact) mass is 1120 g/mol. The molecule has 6 atom stereocenters. The van der Waals surface area contributed by atoms with E-state index >= 15 is 0 Å². The number of nitrogens with two attached hydrogens (primary N) is 2. The van der Waals surface area contributed by atoms with E-state index in [2.05, 4.69) is 36.9 Å². The van der Waals surface area contributed by atoms with Crippen LogP contribution in [-0.4, -0.2) is 120 Å². The van der Waals surface area contributed by atoms with Crippen LogP contribution in [0.4, 0.5) is 0 Å². The van der Waals surface area contributed by atoms with Crippen LogP contribution in [0.1, 0.15) is 93.7 Å². The van der Waals surface area contributed by atoms with Crippen molar-refractivity contribution >= 4 is 52.8 Å². The molecule has 5 unspecified atom stereocenters. The Kier molecular flexibility index (Phi) is 29.7. The Hall–Kier alpha value is -8.39. The quantitative estimate of drug-likeness (QED) is 0.0417. The normalized spacial score (nSPS) is 19.3. The summed E-state index contributed by atoms with van der Waals surface area (Å²) in [6.45, 7) is 10.3. The SMILES string of the molecule is CC.CC.CNCCN.NCCCCC1NC(=O)[C@@H](Cc2c[nH]c3ccccc23)NC(=O)C(c2ccccc2)NC(=O)C2CCCN2C(=O)C(Cc2ccccc2)NC(=O)C(Cc2ccc(OCc3ccccc3)cc2)NC1=O.O=CO. The molecular formula is C63H84N10O9. The van der Waals surface area contributed by atoms with Gasteiger partial charge in [0.1, 0.15) is 48.6 Å². The fourth-order valence-electron chi connectivity index (χ4n) is 9.35. The fraction of sp³-hybridized carbons (Fsp3) is 0.381. The van der Waals surface area contributed by atoms with Gasteiger partial charge in [0.05, 0.1) is 0 Å². The molecule has 1 aromatic heterocycles. The van der Waals surface area contributed by atoms with Crippen molar-refractivity contribution in [2.45, 2.75) is 122 Å². The average Bonchev–Trinajstić information content (AvgIpc) is 4.25. The molecule has 12 N–H and O–H groups in total. The molecule has 8 rings (SSSR count). The number of carbonyl (C=O) groups excluding carboxylic acids is 6. The van der Waals surface area contributed by atoms with E-state index in [0.717, 1.165) is 40.7 Å². The van der Waals surface area contributed by atoms with Gasteiger partial charge in [-0.05, 0) is 91.7 Å². The highest BCUT2D eigenvalue weighted by atomic mass is 16.5. The number of H-pyrrole nitrogens is 1. The van der Waals surface area contributed by atoms with E-state index in [1.54, 1.807) is 48.7 Å². The molecule has 0 bridgehead atoms. The zero-order valence-corrected chi connectivity index (χ0v) is 47.9. The number of para-hydroxylation sites is 1. The lowest BCUT2D eigenvalue weighted by atomic mass is 9.99. The first-order chi connectivity index (χ1) is 40.0. The summed E-state index contributed by atoms with van der Waals surface area (Å²) in [4.78, 5) is 101. The van der Waals surface area contributed by atoms with Crippen molar-refractivity contribution in [1.29, 1.82) is 0 Å². The number of aromatic amines is 1. The number of aromatic nitrogens is 1. The maximum atomic E-state index is 14.9. The van der Waals surface area contributed by atoms with Gasteiger partial charge in [0, 0.05) is 56.0 Å². The van der Waals surface area contributed by atoms with Crippen LogP contribution in [-0.2, 0) is 59.4 Å². The summed E-state index contributed by atoms with van der Waals surface area (Å²) in [5, 5.41) is 25.3. The Morgan fingerprint density at radius 3 is 1.73 bits per heavy atom. The highest BCUT2D eigenvalue weighted by Crippen LogP contribution is 2.24. The van der Waals surface area contributed by atoms with Gasteiger partial charge in [0.25, 0.3) is 6.47 Å². The van der Waals surface area contributed by atoms with E-state index in [4.69, 9.17) is 26.1 Å². The number of rotatable bonds is 16. The van der Waals surface area contributed by atoms with Gasteiger partial charge in [-0.25, -0.2) is 0 Å². The lowest BCUT2D eigenvalue weighted by Gasteiger charge is -2.32. The van der Waals surface area contributed by atoms with Gasteiger partial charge in [-0.2, -0.15) is 0 Å². The second-order valence-electron chi connectivity index (χ2n) is 18.9. The number of likely N-dealkylation sites (N-methyl/N-ethyl adjacent to an activating group) is 1. The van der Waals surface area contributed by atoms with Gasteiger partial charge >= 0.3 is 0 Å². The van der Waals surface area contributed by atoms with Crippen LogP contribution in [0.3, 0.4) is 0 Å². The highest BCUT2D eigenvalue weighted by molar-refractivity contribution is 5.99. The first kappa shape index (κ1) is 66.1. The minimum Gasteiger partial charge on any atom is -0.489 e. The molecule has 2 fully saturated rings. The molecule has 0 spiro atoms. The zero-order chi connectivity index (χ0) is 59.7. The first-order valence-corrected chi connectivity index (χ1v) is 28.3. The third kappa shape index (κ3) is 20.6. The Bertz CT molecular complexity index is 2850. The molecule has 6 aromatic rings. The Labute approximate surface area is 482 Å². The topological polar surface area (TPSA) is 292 Å². The Morgan fingerprint density at radius 1 is 0.598 bits per heavy atom. The van der Waals surface area contributed by atoms with E-state index in [0.29, 0.717) is 55.7 Å². The standard InChI is InChI=1S/C55H60N8O7.C3H10N2.2C2H6.CH2O2/c56-29-13-12-23-44-50(64)59-45(31-37-25-27-41(28-26-37)70-35-38-17-6-2-7-18-38)51(65)61-47(32-36-15-4-1-5-16-36)55(69)63-30-14-24-48(63)53(67)62-49(39-19-8-3-9-20-39)54(68)60-46(52(66)58-44)33-40-34-57-43-22-11-10-21-42(40)43;1-5-3-2-4;2*1-2;2-1-3/h1-11,15-22,25-28,34,44-49,57H,12-14,23-24,29-33,35,56H2,(H,58,66)(H,59,64)(H,60,68)(H,61,65)(H,62,67);5H,2-4H2,1H3;2*1-2H3;1H,(H,2,3)/t44?,45?,46-,47?,48?,49?;;;;/m1..../s1. The van der Waals surface area contributed by atoms with Crippen LogP contribution in [0.2, 0.25) is 0 Å². The Balaban J connectivity index is 0.00000111. The van der Waals surface area contributed by atoms with E-state index in [1.807, 2.05) is 132 Å². The maximum Gasteiger partial charge on any atom is 0.290 e. The highest BCUT2D eigenvalue weighted by Gasteiger charge is 2.41. The van der Waals surface area contributed by atoms with Crippen LogP contribution in [0.25, 0.3) is 10.9 Å². The summed E-state index contributed by atoms with van der Waals surface area (Å²) in [5.74, 6) is -3.00. The molecule has 440 valence electrons. The molecule has 82 heavy (non-hydrogen) atoms. The van der Waals surface area contributed by atoms with Gasteiger partial charge in [0.2, 0.25) is 35.4 Å². The van der Waals surface area contributed by atoms with E-state index < -0.39 is 71.7 Å². The number of amides is 6. The van der Waals surface area contributed by atoms with Crippen LogP contribution in [0.15, 0.2) is 146 Å². The van der Waals surface area contributed by atoms with Crippen molar-refractivity contribution in [3.8, 4) is 5.75 Å². The molecule has 5 aromatic carbocycles. The molecule has 6 amide bonds. The van der Waals surface area contributed by atoms with Crippen LogP contribution in [0, 0.1) is 0 Å². The largest absolute Gasteiger partial charge is 0.489 e. The number of nitrogens with one attached hydrogen (secondary N) is 7. The van der Waals surface area contributed by atoms with Crippen molar-refractivity contribution in [3.05, 3.63) is 174 Å². The molecule has 2 aliphatic heterocycles. The van der Waals surface area contributed by atoms with Crippen molar-refractivity contribution in [1.82, 2.24) is 41.8 Å². The van der Waals surface area contributed by atoms with Gasteiger partial charge < -0.3 is 63.1 Å². The van der Waals surface area contributed by atoms with Crippen LogP contribution < -0.4 is 48.1 Å². The number of unbranched alkanes of at least 4 members (excludes halogenated alkanes) is 1. The number of nitrogens with zero attached hydrogens (tertiary/aromatic N) is 1. The van der Waals surface area contributed by atoms with E-state index in [1.165, 1.54) is 4.90 Å². The van der Waals surface area contributed by atoms with Gasteiger partial charge in [0.15, 0.2) is 0 Å². The number of hydrogen-bond donors (Lipinski definition) is 10. The number of carbonyl (C=O) groups is 7. The summed E-state index contributed by atoms with van der Waals surface area (Å²) in [5.41, 5.74) is 15.5. The molecule has 2 aliphatic rings. The van der Waals surface area contributed by atoms with Gasteiger partial charge in [-0.1, -0.05) is 149 Å². The van der Waals surface area contributed by atoms with Crippen molar-refractivity contribution in [2.24, 2.45) is 11.5 Å². The van der Waals surface area contributed by atoms with E-state index in [-0.39, 0.29) is 38.7 Å². The summed E-state index contributed by atoms with van der Waals surface area (Å²) >= 11 is 0. The average molecular weight is 1130 g/mol. The number of hydrogen-bond acceptors (Lipinski definition) is 11. The third-order valence-corrected chi connectivity index (χ3v) is 13.4. The second-order valence-corrected chi connectivity index (χ2v) is 18.9. The summed E-state index contributed by atoms with van der Waals surface area (Å²) in [7, 11) is 1.88. The molecule has 0 aliphatic carbocycles. The van der Waals surface area contributed by atoms with Crippen molar-refractivity contribution in [3.63, 3.8) is 0 Å². The molecule has 19 heteroatoms. The molecule has 3 heterocycles. The molecule has 0 radical (unpaired) electrons. The molecule has 19 nitrogen and oxygen atoms in total. The summed E-state index contributed by atoms with van der Waals surface area (Å²) in [6.07, 6.45) is 3.90. The van der Waals surface area contributed by atoms with Gasteiger partial charge in [-0.15, -0.1) is 0 Å². The number of fused-ring (bicyclic) bond motifs is 2. The lowest BCUT2D eigenvalue weighted by molar-refractivity contribution is -0.142. The van der Waals surface area contributed by atoms with E-state index in [9.17, 15) is 28.8 Å². The second kappa shape index (κ2) is 36.8. The Morgan fingerprint density at radius 2 is 1.12 bits per heavy atom. The van der Waals surface area contributed by atoms with Crippen LogP contribution in [0.5, 0.6) is 5.75 Å². The predicted octanol–water partition coefficient (Wildman–Crippen LogP) is 5.62. The fourth-order valence-corrected chi connectivity index (χ4v) is 9.35. The summed E-state index contributed by atoms with van der Waals surface area (Å²) < 4.78 is 6.02. The van der Waals surface area contributed by atoms with Crippen LogP contribution >= 0.6 is 0 Å². The zero-order valence-electron chi connectivity index (χ0n) is 47.9. The van der Waals surface area contributed by atoms with Crippen molar-refractivity contribution in [2.75, 3.05) is 33.2 Å².